The molecule has 0 radical (unpaired) electrons. The van der Waals surface area contributed by atoms with Crippen LogP contribution in [0.2, 0.25) is 0 Å². The van der Waals surface area contributed by atoms with E-state index in [9.17, 15) is 22.4 Å². The predicted molar refractivity (Wildman–Crippen MR) is 123 cm³/mol. The first-order chi connectivity index (χ1) is 16.2. The number of halogens is 4. The number of piperidine rings is 1. The normalized spacial score (nSPS) is 21.4. The van der Waals surface area contributed by atoms with Crippen molar-refractivity contribution in [1.82, 2.24) is 9.88 Å². The lowest BCUT2D eigenvalue weighted by Gasteiger charge is -2.42. The van der Waals surface area contributed by atoms with Crippen LogP contribution in [0.25, 0.3) is 0 Å². The molecular weight excluding hydrogens is 450 g/mol. The fraction of sp³-hybridized carbons (Fsp3) is 0.417. The third kappa shape index (κ3) is 5.43. The van der Waals surface area contributed by atoms with E-state index >= 15 is 0 Å². The minimum Gasteiger partial charge on any atom is -0.369 e. The number of hydrogen-bond acceptors (Lipinski definition) is 5. The molecule has 3 heterocycles. The van der Waals surface area contributed by atoms with Gasteiger partial charge in [0.1, 0.15) is 17.7 Å². The van der Waals surface area contributed by atoms with Crippen LogP contribution >= 0.6 is 0 Å². The van der Waals surface area contributed by atoms with Gasteiger partial charge >= 0.3 is 6.18 Å². The average molecular weight is 478 g/mol. The Morgan fingerprint density at radius 2 is 1.85 bits per heavy atom. The summed E-state index contributed by atoms with van der Waals surface area (Å²) in [5, 5.41) is 3.38. The first kappa shape index (κ1) is 23.8. The number of nitrogens with zero attached hydrogens (tertiary/aromatic N) is 4. The van der Waals surface area contributed by atoms with Crippen molar-refractivity contribution in [1.29, 1.82) is 0 Å². The van der Waals surface area contributed by atoms with E-state index in [0.717, 1.165) is 36.0 Å². The van der Waals surface area contributed by atoms with Gasteiger partial charge in [-0.05, 0) is 43.2 Å². The number of carbonyl (C=O) groups excluding carboxylic acids is 1. The molecule has 182 valence electrons. The number of pyridine rings is 1. The molecule has 2 fully saturated rings. The van der Waals surface area contributed by atoms with E-state index in [0.29, 0.717) is 18.1 Å². The van der Waals surface area contributed by atoms with E-state index in [1.807, 2.05) is 6.07 Å². The summed E-state index contributed by atoms with van der Waals surface area (Å²) < 4.78 is 54.6. The van der Waals surface area contributed by atoms with E-state index in [1.165, 1.54) is 12.1 Å². The van der Waals surface area contributed by atoms with Crippen LogP contribution in [0.1, 0.15) is 12.8 Å². The molecule has 2 aliphatic rings. The van der Waals surface area contributed by atoms with Crippen LogP contribution in [0.4, 0.5) is 34.8 Å². The third-order valence-electron chi connectivity index (χ3n) is 6.27. The molecular formula is C24H27F4N5O. The fourth-order valence-electron chi connectivity index (χ4n) is 4.59. The van der Waals surface area contributed by atoms with Gasteiger partial charge in [-0.3, -0.25) is 4.79 Å². The summed E-state index contributed by atoms with van der Waals surface area (Å²) in [5.41, 5.74) is 1.42. The lowest BCUT2D eigenvalue weighted by Crippen LogP contribution is -2.60. The fourth-order valence-corrected chi connectivity index (χ4v) is 4.59. The second-order valence-electron chi connectivity index (χ2n) is 8.55. The second-order valence-corrected chi connectivity index (χ2v) is 8.55. The molecule has 0 spiro atoms. The van der Waals surface area contributed by atoms with Crippen molar-refractivity contribution in [2.24, 2.45) is 0 Å². The highest BCUT2D eigenvalue weighted by Gasteiger charge is 2.47. The SMILES string of the molecule is C=CC(=O)N1CCN(c2ccnc(N[C@@H]3CCCN(c4cccc(F)c4)C3)c2)CC1C(F)(F)F. The molecule has 6 nitrogen and oxygen atoms in total. The van der Waals surface area contributed by atoms with Crippen LogP contribution in [0.3, 0.4) is 0 Å². The topological polar surface area (TPSA) is 51.7 Å². The number of amides is 1. The van der Waals surface area contributed by atoms with Gasteiger partial charge in [-0.1, -0.05) is 12.6 Å². The average Bonchev–Trinajstić information content (AvgIpc) is 2.83. The number of anilines is 3. The molecule has 4 rings (SSSR count). The number of rotatable bonds is 5. The summed E-state index contributed by atoms with van der Waals surface area (Å²) in [6.07, 6.45) is -0.251. The molecule has 1 amide bonds. The number of piperazine rings is 1. The number of hydrogen-bond donors (Lipinski definition) is 1. The minimum atomic E-state index is -4.55. The third-order valence-corrected chi connectivity index (χ3v) is 6.27. The Morgan fingerprint density at radius 1 is 1.09 bits per heavy atom. The lowest BCUT2D eigenvalue weighted by molar-refractivity contribution is -0.188. The summed E-state index contributed by atoms with van der Waals surface area (Å²) in [6, 6.07) is 8.04. The predicted octanol–water partition coefficient (Wildman–Crippen LogP) is 4.07. The zero-order valence-electron chi connectivity index (χ0n) is 18.6. The molecule has 2 saturated heterocycles. The Bertz CT molecular complexity index is 1030. The molecule has 0 saturated carbocycles. The number of carbonyl (C=O) groups is 1. The Kier molecular flexibility index (Phi) is 6.95. The van der Waals surface area contributed by atoms with E-state index in [1.54, 1.807) is 29.3 Å². The van der Waals surface area contributed by atoms with Crippen molar-refractivity contribution >= 4 is 23.1 Å². The Morgan fingerprint density at radius 3 is 2.59 bits per heavy atom. The molecule has 2 atom stereocenters. The quantitative estimate of drug-likeness (QED) is 0.520. The zero-order valence-corrected chi connectivity index (χ0v) is 18.6. The molecule has 2 aliphatic heterocycles. The number of alkyl halides is 3. The number of aromatic nitrogens is 1. The number of nitrogens with one attached hydrogen (secondary N) is 1. The van der Waals surface area contributed by atoms with Crippen molar-refractivity contribution in [3.05, 3.63) is 61.1 Å². The van der Waals surface area contributed by atoms with E-state index in [-0.39, 0.29) is 31.5 Å². The van der Waals surface area contributed by atoms with Crippen LogP contribution in [0.15, 0.2) is 55.3 Å². The van der Waals surface area contributed by atoms with Gasteiger partial charge in [0.15, 0.2) is 0 Å². The molecule has 10 heteroatoms. The molecule has 0 bridgehead atoms. The van der Waals surface area contributed by atoms with Gasteiger partial charge in [-0.2, -0.15) is 13.2 Å². The van der Waals surface area contributed by atoms with Crippen molar-refractivity contribution in [2.45, 2.75) is 31.1 Å². The highest BCUT2D eigenvalue weighted by molar-refractivity contribution is 5.87. The van der Waals surface area contributed by atoms with Crippen LogP contribution in [-0.2, 0) is 4.79 Å². The van der Waals surface area contributed by atoms with Gasteiger partial charge in [-0.25, -0.2) is 9.37 Å². The van der Waals surface area contributed by atoms with Crippen molar-refractivity contribution in [3.63, 3.8) is 0 Å². The summed E-state index contributed by atoms with van der Waals surface area (Å²) in [5.74, 6) is -0.440. The largest absolute Gasteiger partial charge is 0.410 e. The van der Waals surface area contributed by atoms with Crippen LogP contribution in [0.5, 0.6) is 0 Å². The summed E-state index contributed by atoms with van der Waals surface area (Å²) in [7, 11) is 0. The van der Waals surface area contributed by atoms with Crippen molar-refractivity contribution in [3.8, 4) is 0 Å². The molecule has 1 unspecified atom stereocenters. The van der Waals surface area contributed by atoms with Crippen LogP contribution < -0.4 is 15.1 Å². The maximum Gasteiger partial charge on any atom is 0.410 e. The van der Waals surface area contributed by atoms with Gasteiger partial charge in [0.05, 0.1) is 0 Å². The van der Waals surface area contributed by atoms with Gasteiger partial charge in [0.2, 0.25) is 5.91 Å². The first-order valence-corrected chi connectivity index (χ1v) is 11.2. The van der Waals surface area contributed by atoms with E-state index in [2.05, 4.69) is 21.8 Å². The second kappa shape index (κ2) is 9.90. The summed E-state index contributed by atoms with van der Waals surface area (Å²) in [6.45, 7) is 4.66. The summed E-state index contributed by atoms with van der Waals surface area (Å²) >= 11 is 0. The van der Waals surface area contributed by atoms with Crippen molar-refractivity contribution in [2.75, 3.05) is 47.8 Å². The molecule has 1 N–H and O–H groups in total. The molecule has 0 aliphatic carbocycles. The molecule has 34 heavy (non-hydrogen) atoms. The first-order valence-electron chi connectivity index (χ1n) is 11.2. The molecule has 1 aromatic heterocycles. The lowest BCUT2D eigenvalue weighted by atomic mass is 10.0. The van der Waals surface area contributed by atoms with Gasteiger partial charge in [0.25, 0.3) is 0 Å². The maximum absolute atomic E-state index is 13.7. The standard InChI is InChI=1S/C24H27F4N5O/c1-2-23(34)33-12-11-32(16-21(33)24(26,27)28)20-8-9-29-22(14-20)30-18-6-4-10-31(15-18)19-7-3-5-17(25)13-19/h2-3,5,7-9,13-14,18,21H,1,4,6,10-12,15-16H2,(H,29,30)/t18-,21?/m1/s1. The van der Waals surface area contributed by atoms with E-state index < -0.39 is 18.1 Å². The maximum atomic E-state index is 13.7. The van der Waals surface area contributed by atoms with Gasteiger partial charge < -0.3 is 20.0 Å². The Balaban J connectivity index is 1.45. The molecule has 1 aromatic carbocycles. The Hall–Kier alpha value is -3.30. The Labute approximate surface area is 195 Å². The smallest absolute Gasteiger partial charge is 0.369 e. The van der Waals surface area contributed by atoms with Crippen molar-refractivity contribution < 1.29 is 22.4 Å². The summed E-state index contributed by atoms with van der Waals surface area (Å²) in [4.78, 5) is 20.8. The highest BCUT2D eigenvalue weighted by Crippen LogP contribution is 2.31. The van der Waals surface area contributed by atoms with Gasteiger partial charge in [0, 0.05) is 62.4 Å². The number of benzene rings is 1. The van der Waals surface area contributed by atoms with Crippen LogP contribution in [0, 0.1) is 5.82 Å². The highest BCUT2D eigenvalue weighted by atomic mass is 19.4. The zero-order chi connectivity index (χ0) is 24.3. The monoisotopic (exact) mass is 477 g/mol. The van der Waals surface area contributed by atoms with Crippen LogP contribution in [-0.4, -0.2) is 66.8 Å². The molecule has 2 aromatic rings. The minimum absolute atomic E-state index is 0.0503. The van der Waals surface area contributed by atoms with Gasteiger partial charge in [-0.15, -0.1) is 0 Å². The van der Waals surface area contributed by atoms with E-state index in [4.69, 9.17) is 0 Å².